The predicted molar refractivity (Wildman–Crippen MR) is 41.8 cm³/mol. The van der Waals surface area contributed by atoms with E-state index in [2.05, 4.69) is 24.3 Å². The molecule has 11 heavy (non-hydrogen) atoms. The first-order valence-corrected chi connectivity index (χ1v) is 3.65. The third-order valence-corrected chi connectivity index (χ3v) is 1.94. The van der Waals surface area contributed by atoms with Crippen LogP contribution in [0.25, 0.3) is 0 Å². The number of fused-ring (bicyclic) bond motifs is 4. The Morgan fingerprint density at radius 2 is 1.55 bits per heavy atom. The summed E-state index contributed by atoms with van der Waals surface area (Å²) in [6, 6.07) is 8.27. The van der Waals surface area contributed by atoms with Gasteiger partial charge in [-0.05, 0) is 11.1 Å². The zero-order chi connectivity index (χ0) is 7.68. The van der Waals surface area contributed by atoms with Gasteiger partial charge in [-0.2, -0.15) is 0 Å². The van der Waals surface area contributed by atoms with E-state index in [9.17, 15) is 4.79 Å². The summed E-state index contributed by atoms with van der Waals surface area (Å²) in [6.07, 6.45) is 0.903. The minimum Gasteiger partial charge on any atom is -0.337 e. The lowest BCUT2D eigenvalue weighted by Gasteiger charge is -2.12. The second kappa shape index (κ2) is 2.38. The van der Waals surface area contributed by atoms with Gasteiger partial charge in [-0.3, -0.25) is 4.79 Å². The molecule has 1 aromatic rings. The Morgan fingerprint density at radius 3 is 1.91 bits per heavy atom. The third-order valence-electron chi connectivity index (χ3n) is 1.94. The average molecular weight is 147 g/mol. The number of hydrogen-bond acceptors (Lipinski definition) is 1. The number of carbonyl (C=O) groups is 1. The molecule has 0 aliphatic carbocycles. The Kier molecular flexibility index (Phi) is 1.39. The van der Waals surface area contributed by atoms with Crippen molar-refractivity contribution in [2.75, 3.05) is 0 Å². The van der Waals surface area contributed by atoms with E-state index in [1.54, 1.807) is 4.90 Å². The molecule has 2 nitrogen and oxygen atoms in total. The predicted octanol–water partition coefficient (Wildman–Crippen LogP) is 1.16. The summed E-state index contributed by atoms with van der Waals surface area (Å²) in [5.41, 5.74) is 2.41. The number of nitrogens with zero attached hydrogens (tertiary/aromatic N) is 1. The summed E-state index contributed by atoms with van der Waals surface area (Å²) in [4.78, 5) is 12.2. The Hall–Kier alpha value is -1.31. The first-order valence-electron chi connectivity index (χ1n) is 3.65. The molecule has 2 aliphatic heterocycles. The van der Waals surface area contributed by atoms with Gasteiger partial charge in [-0.1, -0.05) is 24.3 Å². The Labute approximate surface area is 65.4 Å². The van der Waals surface area contributed by atoms with Crippen molar-refractivity contribution in [3.05, 3.63) is 35.4 Å². The standard InChI is InChI=1S/C9H9NO/c11-7-10-5-8-1-2-9(6-10)4-3-8/h1-4,7H,5-6H2. The fraction of sp³-hybridized carbons (Fsp3) is 0.222. The van der Waals surface area contributed by atoms with E-state index < -0.39 is 0 Å². The minimum atomic E-state index is 0.750. The largest absolute Gasteiger partial charge is 0.337 e. The first-order chi connectivity index (χ1) is 5.38. The van der Waals surface area contributed by atoms with E-state index >= 15 is 0 Å². The van der Waals surface area contributed by atoms with Crippen LogP contribution in [0.15, 0.2) is 24.3 Å². The number of benzene rings is 1. The van der Waals surface area contributed by atoms with Gasteiger partial charge in [0.1, 0.15) is 0 Å². The number of rotatable bonds is 1. The van der Waals surface area contributed by atoms with Crippen LogP contribution < -0.4 is 0 Å². The molecule has 2 bridgehead atoms. The summed E-state index contributed by atoms with van der Waals surface area (Å²) in [6.45, 7) is 1.50. The van der Waals surface area contributed by atoms with Crippen molar-refractivity contribution in [3.63, 3.8) is 0 Å². The molecule has 0 fully saturated rings. The van der Waals surface area contributed by atoms with Gasteiger partial charge in [0.05, 0.1) is 0 Å². The monoisotopic (exact) mass is 147 g/mol. The number of hydrogen-bond donors (Lipinski definition) is 0. The highest BCUT2D eigenvalue weighted by molar-refractivity contribution is 5.48. The van der Waals surface area contributed by atoms with E-state index in [1.807, 2.05) is 0 Å². The maximum Gasteiger partial charge on any atom is 0.210 e. The van der Waals surface area contributed by atoms with Crippen LogP contribution in [0.5, 0.6) is 0 Å². The molecule has 0 saturated carbocycles. The molecule has 0 radical (unpaired) electrons. The van der Waals surface area contributed by atoms with Gasteiger partial charge in [-0.25, -0.2) is 0 Å². The molecule has 0 aromatic heterocycles. The van der Waals surface area contributed by atoms with Gasteiger partial charge >= 0.3 is 0 Å². The van der Waals surface area contributed by atoms with Gasteiger partial charge < -0.3 is 4.90 Å². The first kappa shape index (κ1) is 6.40. The van der Waals surface area contributed by atoms with E-state index in [4.69, 9.17) is 0 Å². The smallest absolute Gasteiger partial charge is 0.210 e. The van der Waals surface area contributed by atoms with Crippen LogP contribution in [-0.2, 0) is 17.9 Å². The molecule has 2 heteroatoms. The van der Waals surface area contributed by atoms with Crippen molar-refractivity contribution in [3.8, 4) is 0 Å². The van der Waals surface area contributed by atoms with Crippen LogP contribution in [0.1, 0.15) is 11.1 Å². The lowest BCUT2D eigenvalue weighted by atomic mass is 10.2. The summed E-state index contributed by atoms with van der Waals surface area (Å²) in [5.74, 6) is 0. The summed E-state index contributed by atoms with van der Waals surface area (Å²) in [7, 11) is 0. The van der Waals surface area contributed by atoms with Crippen LogP contribution in [0.3, 0.4) is 0 Å². The maximum absolute atomic E-state index is 10.5. The fourth-order valence-electron chi connectivity index (χ4n) is 1.35. The van der Waals surface area contributed by atoms with Crippen molar-refractivity contribution in [2.45, 2.75) is 13.1 Å². The molecule has 0 N–H and O–H groups in total. The second-order valence-electron chi connectivity index (χ2n) is 2.83. The van der Waals surface area contributed by atoms with Crippen LogP contribution in [0.2, 0.25) is 0 Å². The zero-order valence-electron chi connectivity index (χ0n) is 6.16. The lowest BCUT2D eigenvalue weighted by molar-refractivity contribution is -0.119. The summed E-state index contributed by atoms with van der Waals surface area (Å²) in [5, 5.41) is 0. The molecule has 2 aliphatic rings. The van der Waals surface area contributed by atoms with Gasteiger partial charge in [0.15, 0.2) is 0 Å². The Morgan fingerprint density at radius 1 is 1.09 bits per heavy atom. The Balaban J connectivity index is 2.37. The topological polar surface area (TPSA) is 20.3 Å². The fourth-order valence-corrected chi connectivity index (χ4v) is 1.35. The van der Waals surface area contributed by atoms with Crippen molar-refractivity contribution >= 4 is 6.41 Å². The summed E-state index contributed by atoms with van der Waals surface area (Å²) >= 11 is 0. The highest BCUT2D eigenvalue weighted by Gasteiger charge is 2.08. The second-order valence-corrected chi connectivity index (χ2v) is 2.83. The maximum atomic E-state index is 10.5. The molecule has 1 amide bonds. The normalized spacial score (nSPS) is 14.7. The number of amides is 1. The van der Waals surface area contributed by atoms with E-state index in [0.717, 1.165) is 19.5 Å². The van der Waals surface area contributed by atoms with Gasteiger partial charge in [0, 0.05) is 13.1 Å². The third kappa shape index (κ3) is 1.11. The molecule has 0 spiro atoms. The lowest BCUT2D eigenvalue weighted by Crippen LogP contribution is -2.18. The molecule has 2 heterocycles. The van der Waals surface area contributed by atoms with Crippen LogP contribution in [0.4, 0.5) is 0 Å². The molecular formula is C9H9NO. The van der Waals surface area contributed by atoms with E-state index in [1.165, 1.54) is 11.1 Å². The van der Waals surface area contributed by atoms with Crippen molar-refractivity contribution < 1.29 is 4.79 Å². The van der Waals surface area contributed by atoms with E-state index in [-0.39, 0.29) is 0 Å². The van der Waals surface area contributed by atoms with Crippen molar-refractivity contribution in [1.29, 1.82) is 0 Å². The summed E-state index contributed by atoms with van der Waals surface area (Å²) < 4.78 is 0. The molecule has 0 atom stereocenters. The zero-order valence-corrected chi connectivity index (χ0v) is 6.16. The minimum absolute atomic E-state index is 0.750. The van der Waals surface area contributed by atoms with Crippen molar-refractivity contribution in [2.24, 2.45) is 0 Å². The number of carbonyl (C=O) groups excluding carboxylic acids is 1. The molecule has 56 valence electrons. The van der Waals surface area contributed by atoms with Crippen LogP contribution >= 0.6 is 0 Å². The molecule has 1 aromatic carbocycles. The Bertz CT molecular complexity index is 240. The van der Waals surface area contributed by atoms with Gasteiger partial charge in [0.2, 0.25) is 6.41 Å². The van der Waals surface area contributed by atoms with E-state index in [0.29, 0.717) is 0 Å². The van der Waals surface area contributed by atoms with Crippen molar-refractivity contribution in [1.82, 2.24) is 4.90 Å². The molecular weight excluding hydrogens is 138 g/mol. The average Bonchev–Trinajstić information content (AvgIpc) is 2.35. The SMILES string of the molecule is O=CN1Cc2ccc(cc2)C1. The van der Waals surface area contributed by atoms with Crippen LogP contribution in [-0.4, -0.2) is 11.3 Å². The highest BCUT2D eigenvalue weighted by atomic mass is 16.1. The molecule has 0 unspecified atom stereocenters. The quantitative estimate of drug-likeness (QED) is 0.546. The highest BCUT2D eigenvalue weighted by Crippen LogP contribution is 2.14. The van der Waals surface area contributed by atoms with Crippen LogP contribution in [0, 0.1) is 0 Å². The molecule has 0 saturated heterocycles. The molecule has 3 rings (SSSR count). The van der Waals surface area contributed by atoms with Gasteiger partial charge in [-0.15, -0.1) is 0 Å². The van der Waals surface area contributed by atoms with Gasteiger partial charge in [0.25, 0.3) is 0 Å².